The molecule has 31 heavy (non-hydrogen) atoms. The van der Waals surface area contributed by atoms with Crippen LogP contribution in [0.15, 0.2) is 57.0 Å². The summed E-state index contributed by atoms with van der Waals surface area (Å²) in [5.74, 6) is 0.252. The highest BCUT2D eigenvalue weighted by Gasteiger charge is 2.21. The Bertz CT molecular complexity index is 874. The summed E-state index contributed by atoms with van der Waals surface area (Å²) in [4.78, 5) is 21.1. The van der Waals surface area contributed by atoms with Crippen molar-refractivity contribution in [2.24, 2.45) is 20.6 Å². The number of nitrogens with zero attached hydrogens (tertiary/aromatic N) is 4. The zero-order chi connectivity index (χ0) is 22.6. The largest absolute Gasteiger partial charge is 0.470 e. The molecule has 0 saturated heterocycles. The lowest BCUT2D eigenvalue weighted by molar-refractivity contribution is 0.0672. The van der Waals surface area contributed by atoms with E-state index in [0.29, 0.717) is 36.8 Å². The van der Waals surface area contributed by atoms with E-state index in [4.69, 9.17) is 24.1 Å². The van der Waals surface area contributed by atoms with Gasteiger partial charge in [0.05, 0.1) is 0 Å². The third-order valence-corrected chi connectivity index (χ3v) is 3.90. The molecule has 0 aromatic heterocycles. The predicted molar refractivity (Wildman–Crippen MR) is 120 cm³/mol. The van der Waals surface area contributed by atoms with Crippen LogP contribution in [-0.4, -0.2) is 49.5 Å². The summed E-state index contributed by atoms with van der Waals surface area (Å²) < 4.78 is 5.57. The van der Waals surface area contributed by atoms with Crippen molar-refractivity contribution in [1.29, 1.82) is 0 Å². The number of oxime groups is 4. The molecule has 0 atom stereocenters. The van der Waals surface area contributed by atoms with Crippen molar-refractivity contribution in [3.8, 4) is 0 Å². The Balaban J connectivity index is 2.20. The van der Waals surface area contributed by atoms with Crippen molar-refractivity contribution in [3.63, 3.8) is 0 Å². The van der Waals surface area contributed by atoms with E-state index in [9.17, 15) is 0 Å². The van der Waals surface area contributed by atoms with Gasteiger partial charge in [-0.25, -0.2) is 0 Å². The summed E-state index contributed by atoms with van der Waals surface area (Å²) >= 11 is 0. The Morgan fingerprint density at radius 2 is 1.94 bits per heavy atom. The van der Waals surface area contributed by atoms with Gasteiger partial charge in [0.15, 0.2) is 12.3 Å². The van der Waals surface area contributed by atoms with Crippen LogP contribution in [0.3, 0.4) is 0 Å². The van der Waals surface area contributed by atoms with E-state index in [-0.39, 0.29) is 18.6 Å². The van der Waals surface area contributed by atoms with Gasteiger partial charge in [-0.2, -0.15) is 0 Å². The molecule has 0 radical (unpaired) electrons. The highest BCUT2D eigenvalue weighted by Crippen LogP contribution is 2.15. The van der Waals surface area contributed by atoms with Crippen LogP contribution in [0.25, 0.3) is 0 Å². The fourth-order valence-corrected chi connectivity index (χ4v) is 2.52. The van der Waals surface area contributed by atoms with Gasteiger partial charge in [0.1, 0.15) is 37.9 Å². The fourth-order valence-electron chi connectivity index (χ4n) is 2.52. The number of hydrogen-bond donors (Lipinski definition) is 0. The minimum atomic E-state index is -0.0342. The first-order valence-corrected chi connectivity index (χ1v) is 9.99. The molecule has 0 saturated carbocycles. The lowest BCUT2D eigenvalue weighted by Gasteiger charge is -2.16. The molecule has 0 fully saturated rings. The van der Waals surface area contributed by atoms with Gasteiger partial charge in [-0.1, -0.05) is 51.9 Å². The monoisotopic (exact) mass is 430 g/mol. The van der Waals surface area contributed by atoms with Gasteiger partial charge in [-0.3, -0.25) is 0 Å². The van der Waals surface area contributed by atoms with Crippen molar-refractivity contribution in [2.75, 3.05) is 20.3 Å². The fraction of sp³-hybridized carbons (Fsp3) is 0.455. The Morgan fingerprint density at radius 3 is 2.58 bits per heavy atom. The Hall–Kier alpha value is -3.36. The molecule has 0 spiro atoms. The molecule has 1 aliphatic heterocycles. The zero-order valence-corrected chi connectivity index (χ0v) is 18.8. The topological polar surface area (TPSA) is 95.6 Å². The number of ether oxygens (including phenoxy) is 1. The minimum Gasteiger partial charge on any atom is -0.470 e. The van der Waals surface area contributed by atoms with E-state index in [1.165, 1.54) is 7.11 Å². The van der Waals surface area contributed by atoms with Crippen molar-refractivity contribution in [2.45, 2.75) is 46.8 Å². The van der Waals surface area contributed by atoms with Gasteiger partial charge in [0.25, 0.3) is 5.90 Å². The summed E-state index contributed by atoms with van der Waals surface area (Å²) in [6.45, 7) is 12.4. The maximum absolute atomic E-state index is 5.62. The molecule has 0 unspecified atom stereocenters. The van der Waals surface area contributed by atoms with Crippen LogP contribution in [0.2, 0.25) is 0 Å². The van der Waals surface area contributed by atoms with E-state index >= 15 is 0 Å². The molecular weight excluding hydrogens is 400 g/mol. The van der Waals surface area contributed by atoms with Crippen molar-refractivity contribution in [1.82, 2.24) is 0 Å². The van der Waals surface area contributed by atoms with Gasteiger partial charge in [0, 0.05) is 17.5 Å². The van der Waals surface area contributed by atoms with Gasteiger partial charge in [-0.15, -0.1) is 0 Å². The molecule has 1 aliphatic rings. The smallest absolute Gasteiger partial charge is 0.280 e. The van der Waals surface area contributed by atoms with Gasteiger partial charge < -0.3 is 24.1 Å². The first-order valence-electron chi connectivity index (χ1n) is 9.99. The molecule has 9 nitrogen and oxygen atoms in total. The van der Waals surface area contributed by atoms with E-state index in [2.05, 4.69) is 27.2 Å². The summed E-state index contributed by atoms with van der Waals surface area (Å²) in [7, 11) is 1.46. The normalized spacial score (nSPS) is 15.0. The second-order valence-electron chi connectivity index (χ2n) is 7.13. The van der Waals surface area contributed by atoms with E-state index in [1.807, 2.05) is 52.0 Å². The third-order valence-electron chi connectivity index (χ3n) is 3.90. The van der Waals surface area contributed by atoms with Crippen molar-refractivity contribution in [3.05, 3.63) is 47.5 Å². The molecule has 168 valence electrons. The lowest BCUT2D eigenvalue weighted by Crippen LogP contribution is -2.26. The third kappa shape index (κ3) is 7.76. The molecule has 0 N–H and O–H groups in total. The van der Waals surface area contributed by atoms with Gasteiger partial charge in [0.2, 0.25) is 0 Å². The van der Waals surface area contributed by atoms with Crippen LogP contribution in [0.4, 0.5) is 0 Å². The van der Waals surface area contributed by atoms with Crippen molar-refractivity contribution < 1.29 is 24.1 Å². The standard InChI is InChI=1S/C22H30N4O5/c1-15(2)13-20(24-31-16(3)4)17(5)23-30-14-18-9-7-8-10-19(18)21(25-27-6)22-26-29-12-11-28-22/h7-10,16H,1,11-14H2,2-6H3/b23-17+,24-20+,25-21+. The SMILES string of the molecule is C=C(C)CC(=N\OC(C)C)/C(C)=N/OCc1ccccc1/C(=N\OC)C1=NOCCO1. The van der Waals surface area contributed by atoms with Gasteiger partial charge >= 0.3 is 0 Å². The Morgan fingerprint density at radius 1 is 1.16 bits per heavy atom. The first kappa shape index (κ1) is 23.9. The predicted octanol–water partition coefficient (Wildman–Crippen LogP) is 4.04. The molecule has 1 aromatic rings. The van der Waals surface area contributed by atoms with E-state index in [1.54, 1.807) is 0 Å². The Kier molecular flexibility index (Phi) is 9.54. The number of benzene rings is 1. The van der Waals surface area contributed by atoms with Crippen molar-refractivity contribution >= 4 is 23.0 Å². The lowest BCUT2D eigenvalue weighted by atomic mass is 10.0. The molecule has 0 aliphatic carbocycles. The van der Waals surface area contributed by atoms with Crippen LogP contribution in [0.5, 0.6) is 0 Å². The summed E-state index contributed by atoms with van der Waals surface area (Å²) in [6.07, 6.45) is 0.511. The second kappa shape index (κ2) is 12.4. The highest BCUT2D eigenvalue weighted by molar-refractivity contribution is 6.45. The highest BCUT2D eigenvalue weighted by atomic mass is 16.7. The molecular formula is C22H30N4O5. The molecule has 9 heteroatoms. The van der Waals surface area contributed by atoms with Crippen LogP contribution in [0.1, 0.15) is 45.2 Å². The Labute approximate surface area is 183 Å². The molecule has 1 heterocycles. The van der Waals surface area contributed by atoms with Crippen LogP contribution >= 0.6 is 0 Å². The second-order valence-corrected chi connectivity index (χ2v) is 7.13. The minimum absolute atomic E-state index is 0.0342. The molecule has 0 amide bonds. The van der Waals surface area contributed by atoms with Crippen LogP contribution in [0, 0.1) is 0 Å². The van der Waals surface area contributed by atoms with E-state index < -0.39 is 0 Å². The maximum atomic E-state index is 5.62. The summed E-state index contributed by atoms with van der Waals surface area (Å²) in [5, 5.41) is 16.4. The average Bonchev–Trinajstić information content (AvgIpc) is 2.75. The van der Waals surface area contributed by atoms with Gasteiger partial charge in [-0.05, 0) is 32.9 Å². The number of rotatable bonds is 11. The van der Waals surface area contributed by atoms with E-state index in [0.717, 1.165) is 16.7 Å². The summed E-state index contributed by atoms with van der Waals surface area (Å²) in [5.41, 5.74) is 4.20. The zero-order valence-electron chi connectivity index (χ0n) is 18.8. The molecule has 2 rings (SSSR count). The average molecular weight is 431 g/mol. The number of allylic oxidation sites excluding steroid dienone is 1. The van der Waals surface area contributed by atoms with Crippen LogP contribution in [-0.2, 0) is 30.7 Å². The molecule has 1 aromatic carbocycles. The van der Waals surface area contributed by atoms with Crippen LogP contribution < -0.4 is 0 Å². The maximum Gasteiger partial charge on any atom is 0.280 e. The summed E-state index contributed by atoms with van der Waals surface area (Å²) in [6, 6.07) is 7.55. The quantitative estimate of drug-likeness (QED) is 0.300. The number of hydrogen-bond acceptors (Lipinski definition) is 9. The first-order chi connectivity index (χ1) is 14.9. The molecule has 0 bridgehead atoms.